The fourth-order valence-electron chi connectivity index (χ4n) is 4.64. The number of thiophene rings is 1. The van der Waals surface area contributed by atoms with E-state index in [1.165, 1.54) is 11.3 Å². The van der Waals surface area contributed by atoms with Gasteiger partial charge in [0, 0.05) is 16.0 Å². The zero-order valence-electron chi connectivity index (χ0n) is 18.7. The van der Waals surface area contributed by atoms with Crippen LogP contribution in [0, 0.1) is 6.92 Å². The highest BCUT2D eigenvalue weighted by molar-refractivity contribution is 7.93. The van der Waals surface area contributed by atoms with E-state index in [4.69, 9.17) is 10.1 Å². The van der Waals surface area contributed by atoms with Crippen molar-refractivity contribution in [1.82, 2.24) is 4.98 Å². The average molecular weight is 463 g/mol. The molecule has 0 aliphatic heterocycles. The van der Waals surface area contributed by atoms with Gasteiger partial charge in [-0.05, 0) is 75.6 Å². The molecular weight excluding hydrogens is 432 g/mol. The summed E-state index contributed by atoms with van der Waals surface area (Å²) in [4.78, 5) is 18.6. The number of anilines is 1. The molecule has 2 aromatic heterocycles. The first-order chi connectivity index (χ1) is 14.3. The lowest BCUT2D eigenvalue weighted by Crippen LogP contribution is -2.20. The maximum atomic E-state index is 13.1. The van der Waals surface area contributed by atoms with Crippen molar-refractivity contribution in [3.05, 3.63) is 39.0 Å². The Hall–Kier alpha value is -1.81. The molecule has 0 bridgehead atoms. The maximum absolute atomic E-state index is 13.1. The van der Waals surface area contributed by atoms with Crippen molar-refractivity contribution in [3.8, 4) is 0 Å². The third-order valence-corrected chi connectivity index (χ3v) is 9.20. The fraction of sp³-hybridized carbons (Fsp3) is 0.545. The smallest absolute Gasteiger partial charge is 0.354 e. The van der Waals surface area contributed by atoms with Gasteiger partial charge in [-0.25, -0.2) is 14.1 Å². The Kier molecular flexibility index (Phi) is 5.32. The molecule has 0 aromatic carbocycles. The van der Waals surface area contributed by atoms with Gasteiger partial charge in [0.25, 0.3) is 0 Å². The number of nitrogens with two attached hydrogens (primary N) is 1. The molecule has 0 spiro atoms. The van der Waals surface area contributed by atoms with Crippen LogP contribution in [-0.2, 0) is 40.2 Å². The second-order valence-electron chi connectivity index (χ2n) is 9.66. The van der Waals surface area contributed by atoms with Crippen LogP contribution in [0.2, 0.25) is 0 Å². The summed E-state index contributed by atoms with van der Waals surface area (Å²) in [6.45, 7) is 9.48. The van der Waals surface area contributed by atoms with E-state index >= 15 is 0 Å². The van der Waals surface area contributed by atoms with Crippen LogP contribution in [-0.4, -0.2) is 20.3 Å². The van der Waals surface area contributed by atoms with Gasteiger partial charge in [-0.1, -0.05) is 13.8 Å². The minimum Gasteiger partial charge on any atom is -0.386 e. The number of carbonyl (C=O) groups is 1. The van der Waals surface area contributed by atoms with Crippen LogP contribution in [0.4, 0.5) is 10.5 Å². The third-order valence-electron chi connectivity index (χ3n) is 6.26. The number of pyridine rings is 1. The summed E-state index contributed by atoms with van der Waals surface area (Å²) in [5.74, 6) is 0. The number of aliphatic hydroxyl groups is 1. The topological polar surface area (TPSA) is 118 Å². The molecule has 0 radical (unpaired) electrons. The molecule has 4 rings (SSSR count). The molecule has 7 nitrogen and oxygen atoms in total. The largest absolute Gasteiger partial charge is 0.386 e. The molecular formula is C22H30N4O3S2. The van der Waals surface area contributed by atoms with Crippen LogP contribution in [0.1, 0.15) is 73.5 Å². The van der Waals surface area contributed by atoms with E-state index in [2.05, 4.69) is 23.5 Å². The number of urea groups is 1. The van der Waals surface area contributed by atoms with Crippen molar-refractivity contribution in [2.45, 2.75) is 81.9 Å². The predicted octanol–water partition coefficient (Wildman–Crippen LogP) is 4.32. The molecule has 0 fully saturated rings. The van der Waals surface area contributed by atoms with E-state index in [0.29, 0.717) is 5.56 Å². The molecule has 31 heavy (non-hydrogen) atoms. The molecule has 2 aromatic rings. The van der Waals surface area contributed by atoms with Gasteiger partial charge in [0.1, 0.15) is 4.21 Å². The van der Waals surface area contributed by atoms with Crippen molar-refractivity contribution in [3.63, 3.8) is 0 Å². The van der Waals surface area contributed by atoms with Crippen molar-refractivity contribution in [2.75, 3.05) is 5.32 Å². The molecule has 0 saturated carbocycles. The molecule has 2 aliphatic carbocycles. The van der Waals surface area contributed by atoms with Crippen LogP contribution >= 0.6 is 11.3 Å². The second-order valence-corrected chi connectivity index (χ2v) is 12.9. The van der Waals surface area contributed by atoms with E-state index in [0.717, 1.165) is 65.2 Å². The maximum Gasteiger partial charge on any atom is 0.354 e. The van der Waals surface area contributed by atoms with Crippen molar-refractivity contribution in [2.24, 2.45) is 9.50 Å². The van der Waals surface area contributed by atoms with Crippen molar-refractivity contribution >= 4 is 33.0 Å². The summed E-state index contributed by atoms with van der Waals surface area (Å²) in [6.07, 6.45) is 4.59. The first-order valence-corrected chi connectivity index (χ1v) is 12.9. The first kappa shape index (κ1) is 22.4. The molecule has 1 atom stereocenters. The third kappa shape index (κ3) is 4.04. The van der Waals surface area contributed by atoms with Crippen LogP contribution in [0.15, 0.2) is 14.6 Å². The van der Waals surface area contributed by atoms with Crippen LogP contribution in [0.3, 0.4) is 0 Å². The van der Waals surface area contributed by atoms with Crippen LogP contribution < -0.4 is 10.5 Å². The number of aryl methyl sites for hydroxylation is 2. The van der Waals surface area contributed by atoms with E-state index < -0.39 is 21.5 Å². The van der Waals surface area contributed by atoms with E-state index in [-0.39, 0.29) is 9.62 Å². The van der Waals surface area contributed by atoms with Crippen LogP contribution in [0.5, 0.6) is 0 Å². The number of hydrogen-bond donors (Lipinski definition) is 3. The minimum absolute atomic E-state index is 0.0347. The van der Waals surface area contributed by atoms with Gasteiger partial charge in [0.15, 0.2) is 9.92 Å². The Balaban J connectivity index is 1.70. The van der Waals surface area contributed by atoms with E-state index in [1.54, 1.807) is 19.9 Å². The normalized spacial score (nSPS) is 18.9. The lowest BCUT2D eigenvalue weighted by Gasteiger charge is -2.20. The standard InChI is InChI=1S/C22H30N4O3S2/c1-12-15(22(4,5)28)11-17(30-12)31(23,29)26-20(27)25-18-13-7-6-8-16(13)24-19-14(18)9-10-21(19,2)3/h11,28H,6-10H2,1-5H3,(H3,23,24,25,26,27,29). The predicted molar refractivity (Wildman–Crippen MR) is 124 cm³/mol. The summed E-state index contributed by atoms with van der Waals surface area (Å²) in [5, 5.41) is 19.2. The van der Waals surface area contributed by atoms with Gasteiger partial charge in [0.05, 0.1) is 17.0 Å². The number of fused-ring (bicyclic) bond motifs is 2. The van der Waals surface area contributed by atoms with Crippen molar-refractivity contribution in [1.29, 1.82) is 0 Å². The molecule has 168 valence electrons. The Morgan fingerprint density at radius 3 is 2.68 bits per heavy atom. The minimum atomic E-state index is -3.44. The van der Waals surface area contributed by atoms with E-state index in [1.807, 2.05) is 6.92 Å². The lowest BCUT2D eigenvalue weighted by molar-refractivity contribution is 0.0783. The SMILES string of the molecule is Cc1sc(S(N)(=O)=NC(=O)Nc2c3c(nc4c2CCC4(C)C)CCC3)cc1C(C)(C)O. The van der Waals surface area contributed by atoms with Gasteiger partial charge >= 0.3 is 6.03 Å². The van der Waals surface area contributed by atoms with Gasteiger partial charge in [-0.3, -0.25) is 4.98 Å². The highest BCUT2D eigenvalue weighted by Gasteiger charge is 2.36. The van der Waals surface area contributed by atoms with E-state index in [9.17, 15) is 14.1 Å². The molecule has 9 heteroatoms. The van der Waals surface area contributed by atoms with Gasteiger partial charge < -0.3 is 10.4 Å². The summed E-state index contributed by atoms with van der Waals surface area (Å²) in [6, 6.07) is 0.874. The zero-order valence-corrected chi connectivity index (χ0v) is 20.3. The molecule has 1 unspecified atom stereocenters. The average Bonchev–Trinajstić information content (AvgIpc) is 3.32. The van der Waals surface area contributed by atoms with Gasteiger partial charge in [-0.2, -0.15) is 0 Å². The summed E-state index contributed by atoms with van der Waals surface area (Å²) >= 11 is 1.19. The molecule has 2 heterocycles. The molecule has 2 amide bonds. The van der Waals surface area contributed by atoms with Gasteiger partial charge in [-0.15, -0.1) is 15.7 Å². The molecule has 2 aliphatic rings. The van der Waals surface area contributed by atoms with Crippen LogP contribution in [0.25, 0.3) is 0 Å². The highest BCUT2D eigenvalue weighted by atomic mass is 32.2. The number of carbonyl (C=O) groups excluding carboxylic acids is 1. The van der Waals surface area contributed by atoms with Crippen molar-refractivity contribution < 1.29 is 14.1 Å². The Morgan fingerprint density at radius 1 is 1.32 bits per heavy atom. The number of nitrogens with zero attached hydrogens (tertiary/aromatic N) is 2. The van der Waals surface area contributed by atoms with Gasteiger partial charge in [0.2, 0.25) is 0 Å². The molecule has 0 saturated heterocycles. The Morgan fingerprint density at radius 2 is 2.03 bits per heavy atom. The lowest BCUT2D eigenvalue weighted by atomic mass is 9.90. The number of rotatable bonds is 3. The zero-order chi connectivity index (χ0) is 22.8. The fourth-order valence-corrected chi connectivity index (χ4v) is 7.17. The summed E-state index contributed by atoms with van der Waals surface area (Å²) in [5.41, 5.74) is 4.50. The monoisotopic (exact) mass is 462 g/mol. The first-order valence-electron chi connectivity index (χ1n) is 10.5. The summed E-state index contributed by atoms with van der Waals surface area (Å²) in [7, 11) is -3.44. The number of aromatic nitrogens is 1. The molecule has 4 N–H and O–H groups in total. The Labute approximate surface area is 187 Å². The number of hydrogen-bond acceptors (Lipinski definition) is 5. The second kappa shape index (κ2) is 7.37. The number of amides is 2. The highest BCUT2D eigenvalue weighted by Crippen LogP contribution is 2.44. The Bertz CT molecular complexity index is 1200. The quantitative estimate of drug-likeness (QED) is 0.629. The number of nitrogens with one attached hydrogen (secondary N) is 1. The summed E-state index contributed by atoms with van der Waals surface area (Å²) < 4.78 is 17.3.